The van der Waals surface area contributed by atoms with E-state index in [0.717, 1.165) is 45.2 Å². The largest absolute Gasteiger partial charge is 0.379 e. The second kappa shape index (κ2) is 11.2. The second-order valence-corrected chi connectivity index (χ2v) is 9.47. The van der Waals surface area contributed by atoms with Gasteiger partial charge < -0.3 is 14.2 Å². The summed E-state index contributed by atoms with van der Waals surface area (Å²) in [6, 6.07) is 11.5. The van der Waals surface area contributed by atoms with Crippen molar-refractivity contribution in [2.24, 2.45) is 0 Å². The van der Waals surface area contributed by atoms with Crippen LogP contribution >= 0.6 is 11.6 Å². The Bertz CT molecular complexity index is 1100. The van der Waals surface area contributed by atoms with Gasteiger partial charge in [-0.1, -0.05) is 29.3 Å². The summed E-state index contributed by atoms with van der Waals surface area (Å²) in [7, 11) is 0. The van der Waals surface area contributed by atoms with Gasteiger partial charge in [-0.3, -0.25) is 9.69 Å². The Hall–Kier alpha value is -2.67. The molecular formula is C27H33ClN4O2. The summed E-state index contributed by atoms with van der Waals surface area (Å²) in [6.07, 6.45) is 3.82. The number of amides is 1. The van der Waals surface area contributed by atoms with Crippen molar-refractivity contribution in [2.45, 2.75) is 33.9 Å². The maximum absolute atomic E-state index is 13.5. The van der Waals surface area contributed by atoms with Crippen LogP contribution in [0.15, 0.2) is 48.8 Å². The lowest BCUT2D eigenvalue weighted by atomic mass is 10.00. The standard InChI is InChI=1S/C27H33ClN4O2/c1-20-16-21(2)25(22(3)17-20)18-31-9-8-29-26(31)19-32(11-10-30-12-14-34-15-13-30)27(33)23-4-6-24(28)7-5-23/h4-9,16-17H,10-15,18-19H2,1-3H3. The summed E-state index contributed by atoms with van der Waals surface area (Å²) in [6.45, 7) is 12.3. The van der Waals surface area contributed by atoms with Crippen LogP contribution in [0, 0.1) is 20.8 Å². The lowest BCUT2D eigenvalue weighted by Gasteiger charge is -2.30. The first-order valence-electron chi connectivity index (χ1n) is 11.8. The topological polar surface area (TPSA) is 50.6 Å². The Morgan fingerprint density at radius 1 is 1.09 bits per heavy atom. The lowest BCUT2D eigenvalue weighted by Crippen LogP contribution is -2.43. The molecule has 1 fully saturated rings. The molecule has 2 aromatic carbocycles. The molecule has 3 aromatic rings. The number of hydrogen-bond donors (Lipinski definition) is 0. The van der Waals surface area contributed by atoms with E-state index in [1.807, 2.05) is 17.3 Å². The minimum atomic E-state index is -0.0119. The molecule has 4 rings (SSSR count). The first kappa shape index (κ1) is 24.5. The number of benzene rings is 2. The number of hydrogen-bond acceptors (Lipinski definition) is 4. The number of ether oxygens (including phenoxy) is 1. The summed E-state index contributed by atoms with van der Waals surface area (Å²) in [5.41, 5.74) is 5.76. The average Bonchev–Trinajstić information content (AvgIpc) is 3.26. The molecule has 2 heterocycles. The number of imidazole rings is 1. The highest BCUT2D eigenvalue weighted by Crippen LogP contribution is 2.19. The van der Waals surface area contributed by atoms with E-state index in [9.17, 15) is 4.79 Å². The molecule has 1 amide bonds. The molecule has 0 aliphatic carbocycles. The van der Waals surface area contributed by atoms with Crippen molar-refractivity contribution in [1.82, 2.24) is 19.4 Å². The quantitative estimate of drug-likeness (QED) is 0.477. The van der Waals surface area contributed by atoms with Crippen LogP contribution in [0.2, 0.25) is 5.02 Å². The number of aryl methyl sites for hydroxylation is 3. The Kier molecular flexibility index (Phi) is 8.03. The van der Waals surface area contributed by atoms with Crippen molar-refractivity contribution < 1.29 is 9.53 Å². The number of morpholine rings is 1. The molecule has 6 nitrogen and oxygen atoms in total. The fraction of sp³-hybridized carbons (Fsp3) is 0.407. The van der Waals surface area contributed by atoms with Crippen LogP contribution in [0.4, 0.5) is 0 Å². The molecule has 1 aromatic heterocycles. The van der Waals surface area contributed by atoms with E-state index in [-0.39, 0.29) is 5.91 Å². The molecule has 180 valence electrons. The SMILES string of the molecule is Cc1cc(C)c(Cn2ccnc2CN(CCN2CCOCC2)C(=O)c2ccc(Cl)cc2)c(C)c1. The van der Waals surface area contributed by atoms with E-state index in [4.69, 9.17) is 16.3 Å². The summed E-state index contributed by atoms with van der Waals surface area (Å²) in [4.78, 5) is 22.3. The zero-order chi connectivity index (χ0) is 24.1. The van der Waals surface area contributed by atoms with Crippen LogP contribution in [-0.4, -0.2) is 64.7 Å². The van der Waals surface area contributed by atoms with Gasteiger partial charge in [0.25, 0.3) is 5.91 Å². The molecule has 0 spiro atoms. The Morgan fingerprint density at radius 2 is 1.76 bits per heavy atom. The van der Waals surface area contributed by atoms with Gasteiger partial charge in [-0.15, -0.1) is 0 Å². The summed E-state index contributed by atoms with van der Waals surface area (Å²) in [5.74, 6) is 0.867. The molecule has 0 atom stereocenters. The third kappa shape index (κ3) is 6.06. The van der Waals surface area contributed by atoms with Crippen molar-refractivity contribution in [3.05, 3.63) is 87.5 Å². The number of rotatable bonds is 8. The van der Waals surface area contributed by atoms with Crippen molar-refractivity contribution in [3.8, 4) is 0 Å². The van der Waals surface area contributed by atoms with Crippen molar-refractivity contribution in [2.75, 3.05) is 39.4 Å². The smallest absolute Gasteiger partial charge is 0.254 e. The van der Waals surface area contributed by atoms with Crippen LogP contribution in [-0.2, 0) is 17.8 Å². The highest BCUT2D eigenvalue weighted by molar-refractivity contribution is 6.30. The molecule has 0 saturated carbocycles. The summed E-state index contributed by atoms with van der Waals surface area (Å²) in [5, 5.41) is 0.621. The number of aromatic nitrogens is 2. The highest BCUT2D eigenvalue weighted by atomic mass is 35.5. The Labute approximate surface area is 207 Å². The van der Waals surface area contributed by atoms with Gasteiger partial charge >= 0.3 is 0 Å². The van der Waals surface area contributed by atoms with Gasteiger partial charge in [-0.25, -0.2) is 4.98 Å². The minimum absolute atomic E-state index is 0.0119. The molecule has 7 heteroatoms. The molecule has 34 heavy (non-hydrogen) atoms. The zero-order valence-electron chi connectivity index (χ0n) is 20.3. The number of carbonyl (C=O) groups is 1. The number of carbonyl (C=O) groups excluding carboxylic acids is 1. The highest BCUT2D eigenvalue weighted by Gasteiger charge is 2.21. The van der Waals surface area contributed by atoms with E-state index in [2.05, 4.69) is 47.4 Å². The number of nitrogens with zero attached hydrogens (tertiary/aromatic N) is 4. The van der Waals surface area contributed by atoms with Crippen molar-refractivity contribution in [1.29, 1.82) is 0 Å². The van der Waals surface area contributed by atoms with E-state index in [1.165, 1.54) is 22.3 Å². The van der Waals surface area contributed by atoms with Gasteiger partial charge in [0.2, 0.25) is 0 Å². The van der Waals surface area contributed by atoms with Gasteiger partial charge in [0.05, 0.1) is 19.8 Å². The van der Waals surface area contributed by atoms with Crippen LogP contribution in [0.1, 0.15) is 38.4 Å². The summed E-state index contributed by atoms with van der Waals surface area (Å²) < 4.78 is 7.62. The van der Waals surface area contributed by atoms with E-state index in [0.29, 0.717) is 23.7 Å². The molecular weight excluding hydrogens is 448 g/mol. The maximum Gasteiger partial charge on any atom is 0.254 e. The van der Waals surface area contributed by atoms with Gasteiger partial charge in [-0.05, 0) is 61.7 Å². The van der Waals surface area contributed by atoms with Crippen molar-refractivity contribution >= 4 is 17.5 Å². The fourth-order valence-electron chi connectivity index (χ4n) is 4.55. The average molecular weight is 481 g/mol. The molecule has 1 aliphatic heterocycles. The summed E-state index contributed by atoms with van der Waals surface area (Å²) >= 11 is 6.05. The third-order valence-corrected chi connectivity index (χ3v) is 6.72. The normalized spacial score (nSPS) is 14.4. The van der Waals surface area contributed by atoms with Crippen LogP contribution in [0.25, 0.3) is 0 Å². The van der Waals surface area contributed by atoms with Crippen LogP contribution < -0.4 is 0 Å². The van der Waals surface area contributed by atoms with Crippen LogP contribution in [0.3, 0.4) is 0 Å². The zero-order valence-corrected chi connectivity index (χ0v) is 21.0. The maximum atomic E-state index is 13.5. The molecule has 0 radical (unpaired) electrons. The number of halogens is 1. The van der Waals surface area contributed by atoms with E-state index >= 15 is 0 Å². The van der Waals surface area contributed by atoms with E-state index < -0.39 is 0 Å². The fourth-order valence-corrected chi connectivity index (χ4v) is 4.68. The predicted molar refractivity (Wildman–Crippen MR) is 135 cm³/mol. The molecule has 0 bridgehead atoms. The minimum Gasteiger partial charge on any atom is -0.379 e. The molecule has 0 unspecified atom stereocenters. The first-order valence-corrected chi connectivity index (χ1v) is 12.2. The Morgan fingerprint density at radius 3 is 2.44 bits per heavy atom. The molecule has 1 aliphatic rings. The predicted octanol–water partition coefficient (Wildman–Crippen LogP) is 4.48. The molecule has 1 saturated heterocycles. The lowest BCUT2D eigenvalue weighted by molar-refractivity contribution is 0.0318. The van der Waals surface area contributed by atoms with Gasteiger partial charge in [0, 0.05) is 55.7 Å². The van der Waals surface area contributed by atoms with Gasteiger partial charge in [-0.2, -0.15) is 0 Å². The van der Waals surface area contributed by atoms with Gasteiger partial charge in [0.1, 0.15) is 5.82 Å². The van der Waals surface area contributed by atoms with E-state index in [1.54, 1.807) is 24.3 Å². The first-order chi connectivity index (χ1) is 16.4. The molecule has 0 N–H and O–H groups in total. The third-order valence-electron chi connectivity index (χ3n) is 6.47. The van der Waals surface area contributed by atoms with Gasteiger partial charge in [0.15, 0.2) is 0 Å². The second-order valence-electron chi connectivity index (χ2n) is 9.04. The van der Waals surface area contributed by atoms with Crippen LogP contribution in [0.5, 0.6) is 0 Å². The monoisotopic (exact) mass is 480 g/mol. The van der Waals surface area contributed by atoms with Crippen molar-refractivity contribution in [3.63, 3.8) is 0 Å². The Balaban J connectivity index is 1.54.